The van der Waals surface area contributed by atoms with E-state index in [9.17, 15) is 0 Å². The lowest BCUT2D eigenvalue weighted by atomic mass is 10.2. The normalized spacial score (nSPS) is 12.6. The van der Waals surface area contributed by atoms with Gasteiger partial charge in [-0.05, 0) is 17.7 Å². The van der Waals surface area contributed by atoms with Crippen molar-refractivity contribution in [1.29, 1.82) is 0 Å². The number of hydrogen-bond donors (Lipinski definition) is 1. The van der Waals surface area contributed by atoms with Gasteiger partial charge in [0.05, 0.1) is 6.54 Å². The molecule has 0 aliphatic rings. The van der Waals surface area contributed by atoms with E-state index in [2.05, 4.69) is 22.3 Å². The highest BCUT2D eigenvalue weighted by Gasteiger charge is 2.07. The maximum absolute atomic E-state index is 5.55. The van der Waals surface area contributed by atoms with E-state index >= 15 is 0 Å². The molecule has 1 unspecified atom stereocenters. The second-order valence-electron chi connectivity index (χ2n) is 3.87. The zero-order chi connectivity index (χ0) is 11.4. The molecule has 0 fully saturated rings. The molecule has 16 heavy (non-hydrogen) atoms. The van der Waals surface area contributed by atoms with Crippen LogP contribution < -0.4 is 5.73 Å². The van der Waals surface area contributed by atoms with Crippen LogP contribution in [0.5, 0.6) is 0 Å². The Bertz CT molecular complexity index is 437. The number of benzene rings is 1. The average molecular weight is 217 g/mol. The standard InChI is InChI=1S/C11H15N5/c1-9(7-12)8-16-14-11(13-15-16)10-5-3-2-4-6-10/h2-6,9H,7-8,12H2,1H3. The summed E-state index contributed by atoms with van der Waals surface area (Å²) in [4.78, 5) is 1.60. The van der Waals surface area contributed by atoms with Gasteiger partial charge in [0.25, 0.3) is 0 Å². The second-order valence-corrected chi connectivity index (χ2v) is 3.87. The van der Waals surface area contributed by atoms with Crippen LogP contribution in [0.3, 0.4) is 0 Å². The predicted molar refractivity (Wildman–Crippen MR) is 61.5 cm³/mol. The largest absolute Gasteiger partial charge is 0.330 e. The number of rotatable bonds is 4. The van der Waals surface area contributed by atoms with Gasteiger partial charge in [-0.1, -0.05) is 37.3 Å². The topological polar surface area (TPSA) is 69.6 Å². The van der Waals surface area contributed by atoms with Gasteiger partial charge in [-0.3, -0.25) is 0 Å². The molecule has 0 aliphatic carbocycles. The summed E-state index contributed by atoms with van der Waals surface area (Å²) in [5.41, 5.74) is 6.53. The molecule has 0 spiro atoms. The molecule has 2 aromatic rings. The van der Waals surface area contributed by atoms with Crippen molar-refractivity contribution in [2.45, 2.75) is 13.5 Å². The second kappa shape index (κ2) is 4.85. The first-order chi connectivity index (χ1) is 7.79. The minimum absolute atomic E-state index is 0.359. The third-order valence-electron chi connectivity index (χ3n) is 2.36. The molecule has 84 valence electrons. The fourth-order valence-corrected chi connectivity index (χ4v) is 1.38. The highest BCUT2D eigenvalue weighted by atomic mass is 15.6. The van der Waals surface area contributed by atoms with Crippen LogP contribution in [0.4, 0.5) is 0 Å². The quantitative estimate of drug-likeness (QED) is 0.827. The maximum Gasteiger partial charge on any atom is 0.204 e. The van der Waals surface area contributed by atoms with Crippen molar-refractivity contribution in [3.8, 4) is 11.4 Å². The van der Waals surface area contributed by atoms with E-state index in [0.717, 1.165) is 5.56 Å². The molecule has 0 saturated carbocycles. The summed E-state index contributed by atoms with van der Waals surface area (Å²) in [6.45, 7) is 3.39. The molecular formula is C11H15N5. The van der Waals surface area contributed by atoms with Crippen molar-refractivity contribution < 1.29 is 0 Å². The zero-order valence-corrected chi connectivity index (χ0v) is 9.24. The molecule has 0 bridgehead atoms. The van der Waals surface area contributed by atoms with E-state index in [0.29, 0.717) is 24.8 Å². The van der Waals surface area contributed by atoms with E-state index in [1.54, 1.807) is 4.80 Å². The summed E-state index contributed by atoms with van der Waals surface area (Å²) < 4.78 is 0. The van der Waals surface area contributed by atoms with Crippen LogP contribution >= 0.6 is 0 Å². The van der Waals surface area contributed by atoms with Crippen LogP contribution in [0.2, 0.25) is 0 Å². The summed E-state index contributed by atoms with van der Waals surface area (Å²) in [6, 6.07) is 9.81. The Kier molecular flexibility index (Phi) is 3.26. The van der Waals surface area contributed by atoms with Crippen LogP contribution in [-0.4, -0.2) is 26.8 Å². The summed E-state index contributed by atoms with van der Waals surface area (Å²) >= 11 is 0. The van der Waals surface area contributed by atoms with Gasteiger partial charge in [-0.25, -0.2) is 0 Å². The molecular weight excluding hydrogens is 202 g/mol. The molecule has 5 nitrogen and oxygen atoms in total. The first-order valence-electron chi connectivity index (χ1n) is 5.33. The van der Waals surface area contributed by atoms with Crippen LogP contribution in [-0.2, 0) is 6.54 Å². The Balaban J connectivity index is 2.14. The lowest BCUT2D eigenvalue weighted by molar-refractivity contribution is 0.412. The smallest absolute Gasteiger partial charge is 0.204 e. The molecule has 2 rings (SSSR count). The molecule has 1 aromatic heterocycles. The van der Waals surface area contributed by atoms with Gasteiger partial charge in [0, 0.05) is 5.56 Å². The van der Waals surface area contributed by atoms with Crippen molar-refractivity contribution in [2.75, 3.05) is 6.54 Å². The number of nitrogens with zero attached hydrogens (tertiary/aromatic N) is 4. The van der Waals surface area contributed by atoms with Crippen LogP contribution in [0.15, 0.2) is 30.3 Å². The van der Waals surface area contributed by atoms with E-state index in [4.69, 9.17) is 5.73 Å². The minimum Gasteiger partial charge on any atom is -0.330 e. The maximum atomic E-state index is 5.55. The predicted octanol–water partition coefficient (Wildman–Crippen LogP) is 0.935. The number of tetrazole rings is 1. The van der Waals surface area contributed by atoms with E-state index < -0.39 is 0 Å². The van der Waals surface area contributed by atoms with Gasteiger partial charge >= 0.3 is 0 Å². The Hall–Kier alpha value is -1.75. The van der Waals surface area contributed by atoms with Crippen LogP contribution in [0, 0.1) is 5.92 Å². The van der Waals surface area contributed by atoms with Gasteiger partial charge < -0.3 is 5.73 Å². The molecule has 0 saturated heterocycles. The van der Waals surface area contributed by atoms with Crippen molar-refractivity contribution in [3.63, 3.8) is 0 Å². The lowest BCUT2D eigenvalue weighted by Crippen LogP contribution is -2.18. The molecule has 1 atom stereocenters. The summed E-state index contributed by atoms with van der Waals surface area (Å²) in [7, 11) is 0. The van der Waals surface area contributed by atoms with Crippen LogP contribution in [0.25, 0.3) is 11.4 Å². The van der Waals surface area contributed by atoms with Gasteiger partial charge in [-0.2, -0.15) is 4.80 Å². The van der Waals surface area contributed by atoms with Crippen molar-refractivity contribution in [2.24, 2.45) is 11.7 Å². The third-order valence-corrected chi connectivity index (χ3v) is 2.36. The first-order valence-corrected chi connectivity index (χ1v) is 5.33. The van der Waals surface area contributed by atoms with Gasteiger partial charge in [-0.15, -0.1) is 10.2 Å². The monoisotopic (exact) mass is 217 g/mol. The lowest BCUT2D eigenvalue weighted by Gasteiger charge is -2.04. The Morgan fingerprint density at radius 3 is 2.75 bits per heavy atom. The Morgan fingerprint density at radius 1 is 1.31 bits per heavy atom. The number of aromatic nitrogens is 4. The van der Waals surface area contributed by atoms with Crippen molar-refractivity contribution in [3.05, 3.63) is 30.3 Å². The van der Waals surface area contributed by atoms with Crippen molar-refractivity contribution >= 4 is 0 Å². The molecule has 5 heteroatoms. The molecule has 2 N–H and O–H groups in total. The fourth-order valence-electron chi connectivity index (χ4n) is 1.38. The van der Waals surface area contributed by atoms with E-state index in [1.165, 1.54) is 0 Å². The summed E-state index contributed by atoms with van der Waals surface area (Å²) in [6.07, 6.45) is 0. The zero-order valence-electron chi connectivity index (χ0n) is 9.24. The fraction of sp³-hybridized carbons (Fsp3) is 0.364. The minimum atomic E-state index is 0.359. The van der Waals surface area contributed by atoms with E-state index in [1.807, 2.05) is 30.3 Å². The average Bonchev–Trinajstić information content (AvgIpc) is 2.78. The number of nitrogens with two attached hydrogens (primary N) is 1. The van der Waals surface area contributed by atoms with Gasteiger partial charge in [0.1, 0.15) is 0 Å². The summed E-state index contributed by atoms with van der Waals surface area (Å²) in [5, 5.41) is 12.3. The molecule has 1 aromatic carbocycles. The van der Waals surface area contributed by atoms with Crippen molar-refractivity contribution in [1.82, 2.24) is 20.2 Å². The number of hydrogen-bond acceptors (Lipinski definition) is 4. The highest BCUT2D eigenvalue weighted by molar-refractivity contribution is 5.52. The Labute approximate surface area is 94.3 Å². The molecule has 0 radical (unpaired) electrons. The highest BCUT2D eigenvalue weighted by Crippen LogP contribution is 2.11. The Morgan fingerprint density at radius 2 is 2.06 bits per heavy atom. The molecule has 0 amide bonds. The summed E-state index contributed by atoms with van der Waals surface area (Å²) in [5.74, 6) is 1.02. The van der Waals surface area contributed by atoms with Crippen LogP contribution in [0.1, 0.15) is 6.92 Å². The van der Waals surface area contributed by atoms with Gasteiger partial charge in [0.15, 0.2) is 0 Å². The third kappa shape index (κ3) is 2.43. The molecule has 1 heterocycles. The van der Waals surface area contributed by atoms with Gasteiger partial charge in [0.2, 0.25) is 5.82 Å². The SMILES string of the molecule is CC(CN)Cn1nnc(-c2ccccc2)n1. The van der Waals surface area contributed by atoms with E-state index in [-0.39, 0.29) is 0 Å². The first kappa shape index (κ1) is 10.8. The molecule has 0 aliphatic heterocycles.